The van der Waals surface area contributed by atoms with Crippen LogP contribution in [0, 0.1) is 0 Å². The number of esters is 1. The second-order valence-corrected chi connectivity index (χ2v) is 8.59. The topological polar surface area (TPSA) is 94.8 Å². The van der Waals surface area contributed by atoms with E-state index in [1.54, 1.807) is 32.0 Å². The van der Waals surface area contributed by atoms with Gasteiger partial charge in [0.1, 0.15) is 17.4 Å². The van der Waals surface area contributed by atoms with Gasteiger partial charge in [0, 0.05) is 23.9 Å². The van der Waals surface area contributed by atoms with Gasteiger partial charge in [-0.25, -0.2) is 9.59 Å². The van der Waals surface area contributed by atoms with Crippen LogP contribution in [0.5, 0.6) is 5.75 Å². The highest BCUT2D eigenvalue weighted by molar-refractivity contribution is 5.93. The highest BCUT2D eigenvalue weighted by Crippen LogP contribution is 2.29. The van der Waals surface area contributed by atoms with Crippen LogP contribution in [-0.4, -0.2) is 30.6 Å². The van der Waals surface area contributed by atoms with E-state index >= 15 is 0 Å². The molecule has 0 aliphatic carbocycles. The van der Waals surface area contributed by atoms with Gasteiger partial charge in [-0.2, -0.15) is 0 Å². The summed E-state index contributed by atoms with van der Waals surface area (Å²) in [4.78, 5) is 37.4. The minimum atomic E-state index is -0.853. The highest BCUT2D eigenvalue weighted by atomic mass is 16.5. The van der Waals surface area contributed by atoms with E-state index in [1.807, 2.05) is 60.7 Å². The van der Waals surface area contributed by atoms with Crippen molar-refractivity contribution in [1.82, 2.24) is 5.32 Å². The average Bonchev–Trinajstić information content (AvgIpc) is 2.87. The van der Waals surface area contributed by atoms with E-state index in [9.17, 15) is 14.4 Å². The van der Waals surface area contributed by atoms with E-state index in [1.165, 1.54) is 6.07 Å². The number of ether oxygens (including phenoxy) is 2. The molecule has 1 amide bonds. The molecule has 4 aromatic rings. The molecule has 0 aliphatic heterocycles. The first-order chi connectivity index (χ1) is 17.4. The molecule has 0 saturated carbocycles. The van der Waals surface area contributed by atoms with Crippen molar-refractivity contribution in [3.63, 3.8) is 0 Å². The summed E-state index contributed by atoms with van der Waals surface area (Å²) in [6.45, 7) is 3.18. The van der Waals surface area contributed by atoms with Gasteiger partial charge < -0.3 is 19.2 Å². The van der Waals surface area contributed by atoms with Crippen molar-refractivity contribution >= 4 is 22.8 Å². The fourth-order valence-corrected chi connectivity index (χ4v) is 3.83. The Hall–Kier alpha value is -4.39. The van der Waals surface area contributed by atoms with Crippen LogP contribution in [0.3, 0.4) is 0 Å². The summed E-state index contributed by atoms with van der Waals surface area (Å²) in [6, 6.07) is 24.6. The number of rotatable bonds is 9. The summed E-state index contributed by atoms with van der Waals surface area (Å²) in [6.07, 6.45) is -0.0152. The largest absolute Gasteiger partial charge is 0.484 e. The molecule has 1 aromatic heterocycles. The Morgan fingerprint density at radius 2 is 1.61 bits per heavy atom. The molecular weight excluding hydrogens is 458 g/mol. The third-order valence-electron chi connectivity index (χ3n) is 5.42. The minimum absolute atomic E-state index is 0.293. The van der Waals surface area contributed by atoms with E-state index in [-0.39, 0.29) is 12.7 Å². The zero-order chi connectivity index (χ0) is 25.5. The summed E-state index contributed by atoms with van der Waals surface area (Å²) in [5, 5.41) is 3.45. The molecule has 3 aromatic carbocycles. The van der Waals surface area contributed by atoms with E-state index in [0.29, 0.717) is 17.8 Å². The van der Waals surface area contributed by atoms with E-state index in [0.717, 1.165) is 22.1 Å². The summed E-state index contributed by atoms with van der Waals surface area (Å²) in [5.41, 5.74) is 2.40. The highest BCUT2D eigenvalue weighted by Gasteiger charge is 2.24. The Morgan fingerprint density at radius 3 is 2.31 bits per heavy atom. The van der Waals surface area contributed by atoms with Crippen LogP contribution >= 0.6 is 0 Å². The van der Waals surface area contributed by atoms with Crippen LogP contribution < -0.4 is 15.7 Å². The molecule has 0 aliphatic rings. The number of amides is 1. The van der Waals surface area contributed by atoms with Gasteiger partial charge in [-0.05, 0) is 42.7 Å². The van der Waals surface area contributed by atoms with Crippen molar-refractivity contribution in [1.29, 1.82) is 0 Å². The maximum absolute atomic E-state index is 12.6. The van der Waals surface area contributed by atoms with Crippen molar-refractivity contribution in [2.45, 2.75) is 32.4 Å². The Morgan fingerprint density at radius 1 is 0.917 bits per heavy atom. The molecule has 36 heavy (non-hydrogen) atoms. The fraction of sp³-hybridized carbons (Fsp3) is 0.207. The average molecular weight is 486 g/mol. The number of benzene rings is 3. The molecule has 0 bridgehead atoms. The second-order valence-electron chi connectivity index (χ2n) is 8.59. The zero-order valence-corrected chi connectivity index (χ0v) is 20.1. The molecule has 1 N–H and O–H groups in total. The van der Waals surface area contributed by atoms with Gasteiger partial charge in [0.2, 0.25) is 0 Å². The molecule has 0 spiro atoms. The first kappa shape index (κ1) is 24.7. The van der Waals surface area contributed by atoms with Gasteiger partial charge in [-0.3, -0.25) is 4.79 Å². The molecule has 7 nitrogen and oxygen atoms in total. The van der Waals surface area contributed by atoms with Crippen molar-refractivity contribution < 1.29 is 23.5 Å². The lowest BCUT2D eigenvalue weighted by Crippen LogP contribution is -2.45. The smallest absolute Gasteiger partial charge is 0.336 e. The Labute approximate surface area is 208 Å². The Bertz CT molecular complexity index is 1400. The van der Waals surface area contributed by atoms with Crippen LogP contribution in [0.4, 0.5) is 0 Å². The van der Waals surface area contributed by atoms with Crippen LogP contribution in [0.15, 0.2) is 94.1 Å². The molecule has 7 heteroatoms. The van der Waals surface area contributed by atoms with Crippen molar-refractivity contribution in [2.75, 3.05) is 6.61 Å². The first-order valence-electron chi connectivity index (χ1n) is 11.7. The van der Waals surface area contributed by atoms with Gasteiger partial charge in [0.15, 0.2) is 6.61 Å². The summed E-state index contributed by atoms with van der Waals surface area (Å²) in [7, 11) is 0. The standard InChI is InChI=1S/C29H27NO6/c1-19(2)35-29(33)25(15-20-9-5-3-6-10-20)30-27(31)18-34-22-13-14-23-24(21-11-7-4-8-12-21)17-28(32)36-26(23)16-22/h3-14,16-17,19,25H,15,18H2,1-2H3,(H,30,31). The molecule has 1 atom stereocenters. The van der Waals surface area contributed by atoms with E-state index in [2.05, 4.69) is 5.32 Å². The van der Waals surface area contributed by atoms with Gasteiger partial charge in [-0.15, -0.1) is 0 Å². The number of fused-ring (bicyclic) bond motifs is 1. The molecule has 1 unspecified atom stereocenters. The number of carbonyl (C=O) groups excluding carboxylic acids is 2. The number of hydrogen-bond donors (Lipinski definition) is 1. The van der Waals surface area contributed by atoms with E-state index < -0.39 is 23.5 Å². The van der Waals surface area contributed by atoms with Crippen molar-refractivity contribution in [2.24, 2.45) is 0 Å². The third-order valence-corrected chi connectivity index (χ3v) is 5.42. The van der Waals surface area contributed by atoms with Crippen LogP contribution in [0.25, 0.3) is 22.1 Å². The SMILES string of the molecule is CC(C)OC(=O)C(Cc1ccccc1)NC(=O)COc1ccc2c(-c3ccccc3)cc(=O)oc2c1. The monoisotopic (exact) mass is 485 g/mol. The maximum Gasteiger partial charge on any atom is 0.336 e. The second kappa shape index (κ2) is 11.4. The lowest BCUT2D eigenvalue weighted by molar-refractivity contribution is -0.151. The van der Waals surface area contributed by atoms with Gasteiger partial charge in [0.25, 0.3) is 5.91 Å². The third kappa shape index (κ3) is 6.39. The van der Waals surface area contributed by atoms with Gasteiger partial charge in [-0.1, -0.05) is 60.7 Å². The number of hydrogen-bond acceptors (Lipinski definition) is 6. The lowest BCUT2D eigenvalue weighted by atomic mass is 10.0. The minimum Gasteiger partial charge on any atom is -0.484 e. The maximum atomic E-state index is 12.6. The molecule has 0 radical (unpaired) electrons. The number of carbonyl (C=O) groups is 2. The predicted octanol–water partition coefficient (Wildman–Crippen LogP) is 4.52. The molecular formula is C29H27NO6. The quantitative estimate of drug-likeness (QED) is 0.277. The van der Waals surface area contributed by atoms with Crippen LogP contribution in [-0.2, 0) is 20.7 Å². The van der Waals surface area contributed by atoms with Crippen molar-refractivity contribution in [3.05, 3.63) is 101 Å². The zero-order valence-electron chi connectivity index (χ0n) is 20.1. The summed E-state index contributed by atoms with van der Waals surface area (Å²) >= 11 is 0. The fourth-order valence-electron chi connectivity index (χ4n) is 3.83. The predicted molar refractivity (Wildman–Crippen MR) is 137 cm³/mol. The normalized spacial score (nSPS) is 11.8. The van der Waals surface area contributed by atoms with Gasteiger partial charge in [0.05, 0.1) is 6.10 Å². The van der Waals surface area contributed by atoms with Gasteiger partial charge >= 0.3 is 11.6 Å². The molecule has 0 fully saturated rings. The molecule has 4 rings (SSSR count). The summed E-state index contributed by atoms with van der Waals surface area (Å²) < 4.78 is 16.3. The van der Waals surface area contributed by atoms with Crippen LogP contribution in [0.1, 0.15) is 19.4 Å². The molecule has 0 saturated heterocycles. The summed E-state index contributed by atoms with van der Waals surface area (Å²) in [5.74, 6) is -0.630. The Balaban J connectivity index is 1.46. The lowest BCUT2D eigenvalue weighted by Gasteiger charge is -2.19. The van der Waals surface area contributed by atoms with Crippen LogP contribution in [0.2, 0.25) is 0 Å². The number of nitrogens with one attached hydrogen (secondary N) is 1. The first-order valence-corrected chi connectivity index (χ1v) is 11.7. The molecule has 184 valence electrons. The van der Waals surface area contributed by atoms with E-state index in [4.69, 9.17) is 13.9 Å². The van der Waals surface area contributed by atoms with Crippen molar-refractivity contribution in [3.8, 4) is 16.9 Å². The molecule has 1 heterocycles. The Kier molecular flexibility index (Phi) is 7.80.